The van der Waals surface area contributed by atoms with Crippen LogP contribution in [0.4, 0.5) is 0 Å². The van der Waals surface area contributed by atoms with Gasteiger partial charge in [0.25, 0.3) is 0 Å². The van der Waals surface area contributed by atoms with E-state index in [9.17, 15) is 0 Å². The topological polar surface area (TPSA) is 40.6 Å². The van der Waals surface area contributed by atoms with Gasteiger partial charge in [-0.3, -0.25) is 4.99 Å². The summed E-state index contributed by atoms with van der Waals surface area (Å²) >= 11 is 1.84. The number of para-hydroxylation sites is 2. The van der Waals surface area contributed by atoms with Crippen LogP contribution in [0, 0.1) is 0 Å². The highest BCUT2D eigenvalue weighted by Gasteiger charge is 2.21. The number of aliphatic imine (C=N–C) groups is 1. The minimum absolute atomic E-state index is 0.406. The minimum Gasteiger partial charge on any atom is -0.455 e. The molecule has 1 aromatic heterocycles. The lowest BCUT2D eigenvalue weighted by atomic mass is 10.2. The fourth-order valence-corrected chi connectivity index (χ4v) is 4.14. The molecule has 5 heteroatoms. The lowest BCUT2D eigenvalue weighted by molar-refractivity contribution is 0.388. The van der Waals surface area contributed by atoms with Gasteiger partial charge in [0.05, 0.1) is 17.3 Å². The second kappa shape index (κ2) is 7.56. The van der Waals surface area contributed by atoms with Crippen molar-refractivity contribution in [3.05, 3.63) is 60.3 Å². The van der Waals surface area contributed by atoms with Crippen molar-refractivity contribution in [1.82, 2.24) is 9.88 Å². The van der Waals surface area contributed by atoms with Crippen LogP contribution < -0.4 is 4.74 Å². The Bertz CT molecular complexity index is 917. The van der Waals surface area contributed by atoms with Crippen LogP contribution in [0.3, 0.4) is 0 Å². The highest BCUT2D eigenvalue weighted by Crippen LogP contribution is 2.32. The van der Waals surface area contributed by atoms with Crippen molar-refractivity contribution in [2.75, 3.05) is 26.4 Å². The van der Waals surface area contributed by atoms with Gasteiger partial charge in [-0.25, -0.2) is 0 Å². The number of rotatable bonds is 6. The van der Waals surface area contributed by atoms with E-state index in [0.717, 1.165) is 51.9 Å². The Morgan fingerprint density at radius 3 is 2.81 bits per heavy atom. The predicted molar refractivity (Wildman–Crippen MR) is 111 cm³/mol. The first-order valence-electron chi connectivity index (χ1n) is 8.89. The largest absolute Gasteiger partial charge is 0.455 e. The number of aromatic amines is 1. The number of hydrogen-bond acceptors (Lipinski definition) is 4. The van der Waals surface area contributed by atoms with E-state index in [1.54, 1.807) is 0 Å². The molecule has 26 heavy (non-hydrogen) atoms. The predicted octanol–water partition coefficient (Wildman–Crippen LogP) is 4.77. The average Bonchev–Trinajstić information content (AvgIpc) is 3.28. The third-order valence-corrected chi connectivity index (χ3v) is 5.59. The molecule has 0 saturated heterocycles. The smallest absolute Gasteiger partial charge is 0.151 e. The standard InChI is InChI=1S/C21H23N3OS/c1-24(2)12-11-16-14-26-21(22-16)18-13-15-7-6-10-19(20(15)23-18)25-17-8-4-3-5-9-17/h3-10,13,16,23H,11-12,14H2,1-2H3/t16-/m1/s1. The third-order valence-electron chi connectivity index (χ3n) is 4.44. The SMILES string of the molecule is CN(C)CC[C@@H]1CSC(c2cc3cccc(Oc4ccccc4)c3[nH]2)=N1. The molecule has 134 valence electrons. The molecule has 0 spiro atoms. The summed E-state index contributed by atoms with van der Waals surface area (Å²) < 4.78 is 6.07. The maximum Gasteiger partial charge on any atom is 0.151 e. The maximum absolute atomic E-state index is 6.07. The molecule has 4 rings (SSSR count). The highest BCUT2D eigenvalue weighted by molar-refractivity contribution is 8.14. The molecular formula is C21H23N3OS. The van der Waals surface area contributed by atoms with Crippen LogP contribution in [-0.4, -0.2) is 47.4 Å². The zero-order chi connectivity index (χ0) is 17.9. The van der Waals surface area contributed by atoms with Gasteiger partial charge in [-0.2, -0.15) is 0 Å². The minimum atomic E-state index is 0.406. The second-order valence-corrected chi connectivity index (χ2v) is 7.82. The lowest BCUT2D eigenvalue weighted by Gasteiger charge is -2.11. The molecule has 2 heterocycles. The molecule has 3 aromatic rings. The molecular weight excluding hydrogens is 342 g/mol. The van der Waals surface area contributed by atoms with E-state index in [4.69, 9.17) is 9.73 Å². The van der Waals surface area contributed by atoms with Crippen molar-refractivity contribution in [2.24, 2.45) is 4.99 Å². The van der Waals surface area contributed by atoms with Crippen molar-refractivity contribution in [2.45, 2.75) is 12.5 Å². The van der Waals surface area contributed by atoms with Gasteiger partial charge in [-0.1, -0.05) is 30.3 Å². The number of benzene rings is 2. The van der Waals surface area contributed by atoms with Crippen LogP contribution in [0.5, 0.6) is 11.5 Å². The molecule has 1 aliphatic rings. The molecule has 2 aromatic carbocycles. The first-order valence-corrected chi connectivity index (χ1v) is 9.88. The van der Waals surface area contributed by atoms with Crippen LogP contribution in [0.15, 0.2) is 59.6 Å². The quantitative estimate of drug-likeness (QED) is 0.684. The Kier molecular flexibility index (Phi) is 5.00. The van der Waals surface area contributed by atoms with Crippen molar-refractivity contribution in [3.8, 4) is 11.5 Å². The van der Waals surface area contributed by atoms with Gasteiger partial charge in [0.15, 0.2) is 5.75 Å². The summed E-state index contributed by atoms with van der Waals surface area (Å²) in [6.07, 6.45) is 1.10. The van der Waals surface area contributed by atoms with Gasteiger partial charge in [0, 0.05) is 11.1 Å². The van der Waals surface area contributed by atoms with E-state index < -0.39 is 0 Å². The Hall–Kier alpha value is -2.24. The fourth-order valence-electron chi connectivity index (χ4n) is 3.06. The molecule has 0 radical (unpaired) electrons. The molecule has 1 atom stereocenters. The number of nitrogens with one attached hydrogen (secondary N) is 1. The van der Waals surface area contributed by atoms with Gasteiger partial charge in [0.2, 0.25) is 0 Å². The number of fused-ring (bicyclic) bond motifs is 1. The van der Waals surface area contributed by atoms with Crippen LogP contribution >= 0.6 is 11.8 Å². The zero-order valence-corrected chi connectivity index (χ0v) is 15.9. The van der Waals surface area contributed by atoms with E-state index in [1.807, 2.05) is 54.2 Å². The van der Waals surface area contributed by atoms with E-state index in [2.05, 4.69) is 36.1 Å². The number of nitrogens with zero attached hydrogens (tertiary/aromatic N) is 2. The molecule has 1 aliphatic heterocycles. The van der Waals surface area contributed by atoms with E-state index >= 15 is 0 Å². The van der Waals surface area contributed by atoms with Gasteiger partial charge >= 0.3 is 0 Å². The summed E-state index contributed by atoms with van der Waals surface area (Å²) in [5, 5.41) is 2.25. The number of thioether (sulfide) groups is 1. The van der Waals surface area contributed by atoms with E-state index in [-0.39, 0.29) is 0 Å². The molecule has 1 N–H and O–H groups in total. The second-order valence-electron chi connectivity index (χ2n) is 6.81. The maximum atomic E-state index is 6.07. The molecule has 4 nitrogen and oxygen atoms in total. The van der Waals surface area contributed by atoms with Crippen LogP contribution in [0.2, 0.25) is 0 Å². The van der Waals surface area contributed by atoms with Gasteiger partial charge in [-0.05, 0) is 51.3 Å². The van der Waals surface area contributed by atoms with Crippen LogP contribution in [-0.2, 0) is 0 Å². The first kappa shape index (κ1) is 17.2. The summed E-state index contributed by atoms with van der Waals surface area (Å²) in [6.45, 7) is 1.07. The Balaban J connectivity index is 1.58. The highest BCUT2D eigenvalue weighted by atomic mass is 32.2. The number of ether oxygens (including phenoxy) is 1. The summed E-state index contributed by atoms with van der Waals surface area (Å²) in [7, 11) is 4.22. The van der Waals surface area contributed by atoms with Gasteiger partial charge in [0.1, 0.15) is 10.8 Å². The van der Waals surface area contributed by atoms with Crippen LogP contribution in [0.1, 0.15) is 12.1 Å². The lowest BCUT2D eigenvalue weighted by Crippen LogP contribution is -2.18. The molecule has 0 saturated carbocycles. The van der Waals surface area contributed by atoms with Gasteiger partial charge in [-0.15, -0.1) is 11.8 Å². The fraction of sp³-hybridized carbons (Fsp3) is 0.286. The molecule has 0 amide bonds. The monoisotopic (exact) mass is 365 g/mol. The summed E-state index contributed by atoms with van der Waals surface area (Å²) in [5.41, 5.74) is 2.10. The van der Waals surface area contributed by atoms with Crippen molar-refractivity contribution in [3.63, 3.8) is 0 Å². The zero-order valence-electron chi connectivity index (χ0n) is 15.1. The average molecular weight is 366 g/mol. The molecule has 0 aliphatic carbocycles. The Morgan fingerprint density at radius 1 is 1.15 bits per heavy atom. The van der Waals surface area contributed by atoms with Crippen molar-refractivity contribution < 1.29 is 4.74 Å². The Labute approximate surface area is 158 Å². The summed E-state index contributed by atoms with van der Waals surface area (Å²) in [6, 6.07) is 18.6. The normalized spacial score (nSPS) is 17.0. The number of aromatic nitrogens is 1. The molecule has 0 bridgehead atoms. The Morgan fingerprint density at radius 2 is 2.00 bits per heavy atom. The van der Waals surface area contributed by atoms with E-state index in [1.165, 1.54) is 0 Å². The molecule has 0 unspecified atom stereocenters. The molecule has 0 fully saturated rings. The van der Waals surface area contributed by atoms with Gasteiger partial charge < -0.3 is 14.6 Å². The van der Waals surface area contributed by atoms with E-state index in [0.29, 0.717) is 6.04 Å². The number of H-pyrrole nitrogens is 1. The first-order chi connectivity index (χ1) is 12.7. The van der Waals surface area contributed by atoms with Crippen molar-refractivity contribution in [1.29, 1.82) is 0 Å². The summed E-state index contributed by atoms with van der Waals surface area (Å²) in [5.74, 6) is 2.74. The van der Waals surface area contributed by atoms with Crippen molar-refractivity contribution >= 4 is 27.7 Å². The van der Waals surface area contributed by atoms with Crippen LogP contribution in [0.25, 0.3) is 10.9 Å². The third kappa shape index (κ3) is 3.79. The summed E-state index contributed by atoms with van der Waals surface area (Å²) in [4.78, 5) is 10.7. The number of hydrogen-bond donors (Lipinski definition) is 1.